The zero-order chi connectivity index (χ0) is 17.3. The molecular formula is C18H20N2O3S. The Kier molecular flexibility index (Phi) is 4.66. The smallest absolute Gasteiger partial charge is 0.269 e. The predicted octanol–water partition coefficient (Wildman–Crippen LogP) is 4.37. The van der Waals surface area contributed by atoms with Crippen LogP contribution in [0.5, 0.6) is 0 Å². The van der Waals surface area contributed by atoms with Gasteiger partial charge in [-0.1, -0.05) is 12.1 Å². The highest BCUT2D eigenvalue weighted by Gasteiger charge is 2.24. The molecule has 1 aromatic heterocycles. The third kappa shape index (κ3) is 3.19. The van der Waals surface area contributed by atoms with Crippen LogP contribution in [0.2, 0.25) is 0 Å². The minimum atomic E-state index is -0.411. The number of fused-ring (bicyclic) bond motifs is 1. The molecule has 1 atom stereocenters. The lowest BCUT2D eigenvalue weighted by atomic mass is 9.99. The van der Waals surface area contributed by atoms with Gasteiger partial charge in [0, 0.05) is 24.1 Å². The van der Waals surface area contributed by atoms with E-state index in [4.69, 9.17) is 0 Å². The molecule has 1 aromatic carbocycles. The molecular weight excluding hydrogens is 324 g/mol. The molecule has 126 valence electrons. The van der Waals surface area contributed by atoms with Gasteiger partial charge in [0.2, 0.25) is 0 Å². The van der Waals surface area contributed by atoms with Crippen molar-refractivity contribution in [1.29, 1.82) is 0 Å². The van der Waals surface area contributed by atoms with E-state index >= 15 is 0 Å². The summed E-state index contributed by atoms with van der Waals surface area (Å²) in [5, 5.41) is 10.9. The van der Waals surface area contributed by atoms with Crippen molar-refractivity contribution in [3.8, 4) is 0 Å². The highest BCUT2D eigenvalue weighted by molar-refractivity contribution is 7.14. The van der Waals surface area contributed by atoms with Gasteiger partial charge < -0.3 is 4.90 Å². The summed E-state index contributed by atoms with van der Waals surface area (Å²) in [5.74, 6) is -0.0200. The van der Waals surface area contributed by atoms with Crippen LogP contribution in [0.1, 0.15) is 51.5 Å². The van der Waals surface area contributed by atoms with Gasteiger partial charge in [0.25, 0.3) is 11.6 Å². The molecule has 2 aromatic rings. The van der Waals surface area contributed by atoms with Crippen molar-refractivity contribution >= 4 is 22.9 Å². The molecule has 0 spiro atoms. The number of benzene rings is 1. The summed E-state index contributed by atoms with van der Waals surface area (Å²) in [5.41, 5.74) is 2.12. The van der Waals surface area contributed by atoms with E-state index in [1.807, 2.05) is 19.1 Å². The van der Waals surface area contributed by atoms with Crippen LogP contribution in [0.25, 0.3) is 0 Å². The fourth-order valence-corrected chi connectivity index (χ4v) is 4.30. The molecule has 1 aliphatic rings. The van der Waals surface area contributed by atoms with E-state index in [1.54, 1.807) is 29.4 Å². The molecule has 1 aliphatic carbocycles. The summed E-state index contributed by atoms with van der Waals surface area (Å²) in [6, 6.07) is 8.28. The summed E-state index contributed by atoms with van der Waals surface area (Å²) in [6.07, 6.45) is 4.51. The van der Waals surface area contributed by atoms with Crippen LogP contribution in [0.4, 0.5) is 5.69 Å². The molecule has 3 rings (SSSR count). The van der Waals surface area contributed by atoms with Gasteiger partial charge in [0.1, 0.15) is 0 Å². The molecule has 0 saturated heterocycles. The second-order valence-electron chi connectivity index (χ2n) is 6.21. The number of carbonyl (C=O) groups excluding carboxylic acids is 1. The minimum Gasteiger partial charge on any atom is -0.334 e. The number of aryl methyl sites for hydroxylation is 2. The average molecular weight is 344 g/mol. The van der Waals surface area contributed by atoms with Crippen molar-refractivity contribution in [2.75, 3.05) is 7.05 Å². The van der Waals surface area contributed by atoms with E-state index in [2.05, 4.69) is 0 Å². The molecule has 0 fully saturated rings. The molecule has 0 N–H and O–H groups in total. The molecule has 6 heteroatoms. The van der Waals surface area contributed by atoms with E-state index in [9.17, 15) is 14.9 Å². The van der Waals surface area contributed by atoms with Gasteiger partial charge >= 0.3 is 0 Å². The summed E-state index contributed by atoms with van der Waals surface area (Å²) >= 11 is 1.59. The molecule has 0 saturated carbocycles. The number of thiophene rings is 1. The molecule has 0 aliphatic heterocycles. The number of rotatable bonds is 4. The second-order valence-corrected chi connectivity index (χ2v) is 7.35. The SMILES string of the molecule is CC(c1cccc([N+](=O)[O-])c1)N(C)C(=O)c1cc2c(s1)CCCC2. The Morgan fingerprint density at radius 2 is 2.04 bits per heavy atom. The summed E-state index contributed by atoms with van der Waals surface area (Å²) < 4.78 is 0. The van der Waals surface area contributed by atoms with Crippen molar-refractivity contribution in [3.63, 3.8) is 0 Å². The zero-order valence-corrected chi connectivity index (χ0v) is 14.6. The maximum absolute atomic E-state index is 12.8. The van der Waals surface area contributed by atoms with Crippen LogP contribution >= 0.6 is 11.3 Å². The third-order valence-corrected chi connectivity index (χ3v) is 5.90. The molecule has 0 radical (unpaired) electrons. The molecule has 1 heterocycles. The number of carbonyl (C=O) groups is 1. The minimum absolute atomic E-state index is 0.0200. The predicted molar refractivity (Wildman–Crippen MR) is 94.6 cm³/mol. The zero-order valence-electron chi connectivity index (χ0n) is 13.8. The van der Waals surface area contributed by atoms with Crippen molar-refractivity contribution in [1.82, 2.24) is 4.90 Å². The largest absolute Gasteiger partial charge is 0.334 e. The van der Waals surface area contributed by atoms with E-state index in [-0.39, 0.29) is 17.6 Å². The van der Waals surface area contributed by atoms with Crippen LogP contribution in [-0.4, -0.2) is 22.8 Å². The van der Waals surface area contributed by atoms with Crippen molar-refractivity contribution < 1.29 is 9.72 Å². The lowest BCUT2D eigenvalue weighted by Gasteiger charge is -2.24. The molecule has 1 amide bonds. The highest BCUT2D eigenvalue weighted by atomic mass is 32.1. The first-order valence-corrected chi connectivity index (χ1v) is 8.92. The van der Waals surface area contributed by atoms with Gasteiger partial charge in [0.05, 0.1) is 15.8 Å². The quantitative estimate of drug-likeness (QED) is 0.611. The maximum atomic E-state index is 12.8. The van der Waals surface area contributed by atoms with E-state index in [1.165, 1.54) is 35.4 Å². The highest BCUT2D eigenvalue weighted by Crippen LogP contribution is 2.32. The normalized spacial score (nSPS) is 14.8. The van der Waals surface area contributed by atoms with E-state index < -0.39 is 4.92 Å². The Morgan fingerprint density at radius 1 is 1.29 bits per heavy atom. The Hall–Kier alpha value is -2.21. The summed E-state index contributed by atoms with van der Waals surface area (Å²) in [7, 11) is 1.75. The topological polar surface area (TPSA) is 63.5 Å². The second kappa shape index (κ2) is 6.73. The molecule has 0 bridgehead atoms. The Balaban J connectivity index is 1.81. The standard InChI is InChI=1S/C18H20N2O3S/c1-12(13-7-5-8-15(10-13)20(22)23)19(2)18(21)17-11-14-6-3-4-9-16(14)24-17/h5,7-8,10-12H,3-4,6,9H2,1-2H3. The Labute approximate surface area is 145 Å². The average Bonchev–Trinajstić information content (AvgIpc) is 3.04. The number of nitrogens with zero attached hydrogens (tertiary/aromatic N) is 2. The first kappa shape index (κ1) is 16.6. The molecule has 24 heavy (non-hydrogen) atoms. The first-order chi connectivity index (χ1) is 11.5. The Bertz CT molecular complexity index is 761. The van der Waals surface area contributed by atoms with Crippen LogP contribution in [-0.2, 0) is 12.8 Å². The van der Waals surface area contributed by atoms with Crippen molar-refractivity contribution in [3.05, 3.63) is 61.3 Å². The van der Waals surface area contributed by atoms with E-state index in [0.29, 0.717) is 0 Å². The van der Waals surface area contributed by atoms with Gasteiger partial charge in [-0.2, -0.15) is 0 Å². The van der Waals surface area contributed by atoms with Gasteiger partial charge in [-0.25, -0.2) is 0 Å². The lowest BCUT2D eigenvalue weighted by molar-refractivity contribution is -0.384. The van der Waals surface area contributed by atoms with E-state index in [0.717, 1.165) is 23.3 Å². The van der Waals surface area contributed by atoms with Gasteiger partial charge in [-0.3, -0.25) is 14.9 Å². The number of amides is 1. The van der Waals surface area contributed by atoms with Crippen molar-refractivity contribution in [2.45, 2.75) is 38.6 Å². The number of hydrogen-bond donors (Lipinski definition) is 0. The fraction of sp³-hybridized carbons (Fsp3) is 0.389. The fourth-order valence-electron chi connectivity index (χ4n) is 3.07. The first-order valence-electron chi connectivity index (χ1n) is 8.10. The monoisotopic (exact) mass is 344 g/mol. The number of nitro benzene ring substituents is 1. The van der Waals surface area contributed by atoms with Gasteiger partial charge in [-0.05, 0) is 49.8 Å². The van der Waals surface area contributed by atoms with Gasteiger partial charge in [0.15, 0.2) is 0 Å². The Morgan fingerprint density at radius 3 is 2.75 bits per heavy atom. The number of hydrogen-bond acceptors (Lipinski definition) is 4. The summed E-state index contributed by atoms with van der Waals surface area (Å²) in [6.45, 7) is 1.89. The number of nitro groups is 1. The van der Waals surface area contributed by atoms with Gasteiger partial charge in [-0.15, -0.1) is 11.3 Å². The van der Waals surface area contributed by atoms with Crippen LogP contribution < -0.4 is 0 Å². The van der Waals surface area contributed by atoms with Crippen LogP contribution in [0, 0.1) is 10.1 Å². The lowest BCUT2D eigenvalue weighted by Crippen LogP contribution is -2.29. The maximum Gasteiger partial charge on any atom is 0.269 e. The van der Waals surface area contributed by atoms with Crippen LogP contribution in [0.15, 0.2) is 30.3 Å². The molecule has 1 unspecified atom stereocenters. The number of non-ortho nitro benzene ring substituents is 1. The van der Waals surface area contributed by atoms with Crippen molar-refractivity contribution in [2.24, 2.45) is 0 Å². The summed E-state index contributed by atoms with van der Waals surface area (Å²) in [4.78, 5) is 27.1. The third-order valence-electron chi connectivity index (χ3n) is 4.67. The molecule has 5 nitrogen and oxygen atoms in total. The van der Waals surface area contributed by atoms with Crippen LogP contribution in [0.3, 0.4) is 0 Å².